The number of hydrogen-bond donors (Lipinski definition) is 0. The lowest BCUT2D eigenvalue weighted by Crippen LogP contribution is -2.08. The lowest BCUT2D eigenvalue weighted by molar-refractivity contribution is 1.13. The van der Waals surface area contributed by atoms with E-state index in [2.05, 4.69) is 8.75 Å². The molecule has 0 spiro atoms. The first-order valence-corrected chi connectivity index (χ1v) is 5.54. The van der Waals surface area contributed by atoms with Crippen molar-refractivity contribution in [3.05, 3.63) is 29.4 Å². The second kappa shape index (κ2) is 4.16. The number of halogens is 1. The van der Waals surface area contributed by atoms with Gasteiger partial charge in [-0.25, -0.2) is 0 Å². The number of aromatic nitrogens is 2. The van der Waals surface area contributed by atoms with Crippen molar-refractivity contribution in [3.8, 4) is 11.3 Å². The number of hydrogen-bond acceptors (Lipinski definition) is 4. The summed E-state index contributed by atoms with van der Waals surface area (Å²) in [6.07, 6.45) is 1.73. The minimum Gasteiger partial charge on any atom is -0.378 e. The Morgan fingerprint density at radius 2 is 2.13 bits per heavy atom. The van der Waals surface area contributed by atoms with Crippen molar-refractivity contribution in [2.45, 2.75) is 0 Å². The molecule has 0 atom stereocenters. The molecule has 0 amide bonds. The first-order valence-electron chi connectivity index (χ1n) is 4.43. The monoisotopic (exact) mass is 239 g/mol. The summed E-state index contributed by atoms with van der Waals surface area (Å²) in [6, 6.07) is 5.87. The smallest absolute Gasteiger partial charge is 0.106 e. The Morgan fingerprint density at radius 1 is 1.33 bits per heavy atom. The summed E-state index contributed by atoms with van der Waals surface area (Å²) in [5.74, 6) is 0. The van der Waals surface area contributed by atoms with Crippen LogP contribution >= 0.6 is 23.3 Å². The SMILES string of the molecule is CN(C)c1ccc(Cl)c(-c2cnsn2)c1. The maximum Gasteiger partial charge on any atom is 0.106 e. The van der Waals surface area contributed by atoms with Gasteiger partial charge in [0.2, 0.25) is 0 Å². The summed E-state index contributed by atoms with van der Waals surface area (Å²) < 4.78 is 8.15. The molecule has 1 aromatic heterocycles. The average Bonchev–Trinajstić information content (AvgIpc) is 2.71. The predicted molar refractivity (Wildman–Crippen MR) is 64.7 cm³/mol. The van der Waals surface area contributed by atoms with Gasteiger partial charge in [0.1, 0.15) is 5.69 Å². The van der Waals surface area contributed by atoms with Gasteiger partial charge in [-0.15, -0.1) is 0 Å². The molecule has 0 saturated carbocycles. The fourth-order valence-electron chi connectivity index (χ4n) is 1.27. The molecule has 3 nitrogen and oxygen atoms in total. The third kappa shape index (κ3) is 2.11. The van der Waals surface area contributed by atoms with Crippen molar-refractivity contribution < 1.29 is 0 Å². The summed E-state index contributed by atoms with van der Waals surface area (Å²) in [5.41, 5.74) is 2.85. The Hall–Kier alpha value is -1.13. The molecule has 0 radical (unpaired) electrons. The average molecular weight is 240 g/mol. The standard InChI is InChI=1S/C10H10ClN3S/c1-14(2)7-3-4-9(11)8(5-7)10-6-12-15-13-10/h3-6H,1-2H3. The Balaban J connectivity index is 2.51. The molecule has 2 aromatic rings. The molecule has 0 aliphatic carbocycles. The minimum absolute atomic E-state index is 0.702. The Bertz CT molecular complexity index is 454. The van der Waals surface area contributed by atoms with E-state index in [1.807, 2.05) is 37.2 Å². The van der Waals surface area contributed by atoms with Gasteiger partial charge in [0.25, 0.3) is 0 Å². The number of anilines is 1. The maximum atomic E-state index is 6.11. The lowest BCUT2D eigenvalue weighted by Gasteiger charge is -2.13. The second-order valence-corrected chi connectivity index (χ2v) is 4.32. The molecular weight excluding hydrogens is 230 g/mol. The molecule has 2 rings (SSSR count). The third-order valence-corrected chi connectivity index (χ3v) is 2.91. The zero-order chi connectivity index (χ0) is 10.8. The topological polar surface area (TPSA) is 29.0 Å². The molecule has 1 heterocycles. The molecule has 5 heteroatoms. The molecule has 0 unspecified atom stereocenters. The molecule has 78 valence electrons. The van der Waals surface area contributed by atoms with E-state index in [0.29, 0.717) is 5.02 Å². The quantitative estimate of drug-likeness (QED) is 0.807. The van der Waals surface area contributed by atoms with E-state index in [4.69, 9.17) is 11.6 Å². The molecule has 0 aliphatic heterocycles. The summed E-state index contributed by atoms with van der Waals surface area (Å²) in [7, 11) is 3.98. The van der Waals surface area contributed by atoms with Crippen LogP contribution in [0.15, 0.2) is 24.4 Å². The van der Waals surface area contributed by atoms with E-state index < -0.39 is 0 Å². The molecule has 0 aliphatic rings. The van der Waals surface area contributed by atoms with Crippen molar-refractivity contribution in [2.75, 3.05) is 19.0 Å². The molecule has 0 saturated heterocycles. The van der Waals surface area contributed by atoms with Crippen LogP contribution in [0.4, 0.5) is 5.69 Å². The van der Waals surface area contributed by atoms with Gasteiger partial charge in [-0.05, 0) is 18.2 Å². The van der Waals surface area contributed by atoms with Crippen LogP contribution in [0.3, 0.4) is 0 Å². The first kappa shape index (κ1) is 10.4. The van der Waals surface area contributed by atoms with Crippen LogP contribution in [-0.2, 0) is 0 Å². The Labute approximate surface area is 97.6 Å². The highest BCUT2D eigenvalue weighted by Gasteiger charge is 2.08. The summed E-state index contributed by atoms with van der Waals surface area (Å²) in [6.45, 7) is 0. The van der Waals surface area contributed by atoms with Crippen LogP contribution in [0.2, 0.25) is 5.02 Å². The third-order valence-electron chi connectivity index (χ3n) is 2.10. The van der Waals surface area contributed by atoms with Crippen LogP contribution in [-0.4, -0.2) is 22.8 Å². The van der Waals surface area contributed by atoms with Crippen LogP contribution in [0.5, 0.6) is 0 Å². The van der Waals surface area contributed by atoms with Gasteiger partial charge in [-0.3, -0.25) is 0 Å². The van der Waals surface area contributed by atoms with E-state index >= 15 is 0 Å². The van der Waals surface area contributed by atoms with Gasteiger partial charge in [-0.2, -0.15) is 8.75 Å². The molecular formula is C10H10ClN3S. The van der Waals surface area contributed by atoms with Crippen molar-refractivity contribution in [1.82, 2.24) is 8.75 Å². The van der Waals surface area contributed by atoms with E-state index in [1.54, 1.807) is 6.20 Å². The number of rotatable bonds is 2. The summed E-state index contributed by atoms with van der Waals surface area (Å²) in [4.78, 5) is 2.03. The van der Waals surface area contributed by atoms with Gasteiger partial charge < -0.3 is 4.90 Å². The number of nitrogens with zero attached hydrogens (tertiary/aromatic N) is 3. The highest BCUT2D eigenvalue weighted by Crippen LogP contribution is 2.30. The van der Waals surface area contributed by atoms with Gasteiger partial charge in [0, 0.05) is 25.3 Å². The normalized spacial score (nSPS) is 10.3. The van der Waals surface area contributed by atoms with E-state index in [9.17, 15) is 0 Å². The van der Waals surface area contributed by atoms with Crippen molar-refractivity contribution in [2.24, 2.45) is 0 Å². The van der Waals surface area contributed by atoms with Crippen LogP contribution in [0, 0.1) is 0 Å². The van der Waals surface area contributed by atoms with E-state index in [-0.39, 0.29) is 0 Å². The molecule has 0 N–H and O–H groups in total. The van der Waals surface area contributed by atoms with E-state index in [1.165, 1.54) is 11.7 Å². The predicted octanol–water partition coefficient (Wildman–Crippen LogP) is 2.92. The van der Waals surface area contributed by atoms with Gasteiger partial charge in [-0.1, -0.05) is 11.6 Å². The zero-order valence-corrected chi connectivity index (χ0v) is 10.0. The van der Waals surface area contributed by atoms with Gasteiger partial charge in [0.05, 0.1) is 22.9 Å². The van der Waals surface area contributed by atoms with Crippen molar-refractivity contribution in [3.63, 3.8) is 0 Å². The molecule has 15 heavy (non-hydrogen) atoms. The van der Waals surface area contributed by atoms with Gasteiger partial charge >= 0.3 is 0 Å². The zero-order valence-electron chi connectivity index (χ0n) is 8.44. The van der Waals surface area contributed by atoms with Crippen molar-refractivity contribution >= 4 is 29.0 Å². The molecule has 0 bridgehead atoms. The van der Waals surface area contributed by atoms with Crippen LogP contribution in [0.1, 0.15) is 0 Å². The Kier molecular flexibility index (Phi) is 2.88. The lowest BCUT2D eigenvalue weighted by atomic mass is 10.1. The second-order valence-electron chi connectivity index (χ2n) is 3.35. The first-order chi connectivity index (χ1) is 7.18. The fourth-order valence-corrected chi connectivity index (χ4v) is 1.91. The minimum atomic E-state index is 0.702. The van der Waals surface area contributed by atoms with E-state index in [0.717, 1.165) is 16.9 Å². The highest BCUT2D eigenvalue weighted by molar-refractivity contribution is 6.99. The Morgan fingerprint density at radius 3 is 2.73 bits per heavy atom. The van der Waals surface area contributed by atoms with Crippen LogP contribution < -0.4 is 4.90 Å². The summed E-state index contributed by atoms with van der Waals surface area (Å²) in [5, 5.41) is 0.702. The molecule has 0 fully saturated rings. The van der Waals surface area contributed by atoms with Crippen molar-refractivity contribution in [1.29, 1.82) is 0 Å². The molecule has 1 aromatic carbocycles. The number of benzene rings is 1. The fraction of sp³-hybridized carbons (Fsp3) is 0.200. The summed E-state index contributed by atoms with van der Waals surface area (Å²) >= 11 is 7.30. The van der Waals surface area contributed by atoms with Gasteiger partial charge in [0.15, 0.2) is 0 Å². The largest absolute Gasteiger partial charge is 0.378 e. The van der Waals surface area contributed by atoms with Crippen LogP contribution in [0.25, 0.3) is 11.3 Å². The highest BCUT2D eigenvalue weighted by atomic mass is 35.5. The maximum absolute atomic E-state index is 6.11.